The molecular weight excluding hydrogens is 128 g/mol. The van der Waals surface area contributed by atoms with Crippen LogP contribution in [0.2, 0.25) is 0 Å². The lowest BCUT2D eigenvalue weighted by atomic mass is 10.5. The highest BCUT2D eigenvalue weighted by atomic mass is 15.3. The summed E-state index contributed by atoms with van der Waals surface area (Å²) in [4.78, 5) is 5.92. The molecule has 0 aromatic rings. The highest BCUT2D eigenvalue weighted by Gasteiger charge is 2.09. The van der Waals surface area contributed by atoms with Gasteiger partial charge in [0.25, 0.3) is 0 Å². The standard InChI is InChI=1S/C6H6N4/c1-3-10-4-2-8-9-6(10)5-7-1/h1-2,4-5H,3H2. The Kier molecular flexibility index (Phi) is 1.10. The van der Waals surface area contributed by atoms with Gasteiger partial charge < -0.3 is 4.90 Å². The number of aliphatic imine (C=N–C) groups is 1. The van der Waals surface area contributed by atoms with E-state index in [1.807, 2.05) is 17.3 Å². The van der Waals surface area contributed by atoms with Gasteiger partial charge in [-0.1, -0.05) is 0 Å². The van der Waals surface area contributed by atoms with Crippen LogP contribution in [0.1, 0.15) is 0 Å². The maximum Gasteiger partial charge on any atom is 0.174 e. The van der Waals surface area contributed by atoms with Crippen molar-refractivity contribution in [3.63, 3.8) is 0 Å². The summed E-state index contributed by atoms with van der Waals surface area (Å²) >= 11 is 0. The summed E-state index contributed by atoms with van der Waals surface area (Å²) in [5, 5.41) is 7.58. The van der Waals surface area contributed by atoms with Gasteiger partial charge in [-0.3, -0.25) is 4.99 Å². The van der Waals surface area contributed by atoms with E-state index in [0.29, 0.717) is 0 Å². The van der Waals surface area contributed by atoms with E-state index in [2.05, 4.69) is 15.2 Å². The second-order valence-electron chi connectivity index (χ2n) is 1.98. The molecule has 2 heterocycles. The Bertz CT molecular complexity index is 248. The van der Waals surface area contributed by atoms with Gasteiger partial charge in [-0.2, -0.15) is 5.11 Å². The van der Waals surface area contributed by atoms with E-state index < -0.39 is 0 Å². The molecule has 0 saturated carbocycles. The number of nitrogens with zero attached hydrogens (tertiary/aromatic N) is 4. The minimum Gasteiger partial charge on any atom is -0.323 e. The summed E-state index contributed by atoms with van der Waals surface area (Å²) in [6, 6.07) is 0. The summed E-state index contributed by atoms with van der Waals surface area (Å²) in [6.45, 7) is 0.793. The first kappa shape index (κ1) is 5.34. The van der Waals surface area contributed by atoms with E-state index in [1.54, 1.807) is 12.4 Å². The summed E-state index contributed by atoms with van der Waals surface area (Å²) < 4.78 is 0. The Morgan fingerprint density at radius 3 is 3.40 bits per heavy atom. The average Bonchev–Trinajstić information content (AvgIpc) is 2.05. The van der Waals surface area contributed by atoms with Crippen LogP contribution in [0.25, 0.3) is 0 Å². The molecule has 0 bridgehead atoms. The molecule has 4 heteroatoms. The molecule has 0 fully saturated rings. The van der Waals surface area contributed by atoms with E-state index >= 15 is 0 Å². The van der Waals surface area contributed by atoms with Gasteiger partial charge in [0.1, 0.15) is 0 Å². The quantitative estimate of drug-likeness (QED) is 0.489. The zero-order valence-electron chi connectivity index (χ0n) is 5.31. The zero-order valence-corrected chi connectivity index (χ0v) is 5.31. The molecule has 4 nitrogen and oxygen atoms in total. The number of rotatable bonds is 0. The third-order valence-corrected chi connectivity index (χ3v) is 1.34. The largest absolute Gasteiger partial charge is 0.323 e. The normalized spacial score (nSPS) is 20.8. The summed E-state index contributed by atoms with van der Waals surface area (Å²) in [7, 11) is 0. The molecule has 50 valence electrons. The summed E-state index contributed by atoms with van der Waals surface area (Å²) in [5.74, 6) is 0.810. The maximum atomic E-state index is 3.95. The Balaban J connectivity index is 2.34. The second kappa shape index (κ2) is 2.06. The SMILES string of the molecule is C1=CN2CC=NC=C2N=N1. The lowest BCUT2D eigenvalue weighted by molar-refractivity contribution is 0.499. The molecule has 0 aromatic heterocycles. The molecule has 2 rings (SSSR count). The average molecular weight is 134 g/mol. The first-order valence-corrected chi connectivity index (χ1v) is 3.03. The number of hydrogen-bond acceptors (Lipinski definition) is 4. The lowest BCUT2D eigenvalue weighted by Gasteiger charge is -2.20. The fourth-order valence-corrected chi connectivity index (χ4v) is 0.845. The molecule has 0 N–H and O–H groups in total. The van der Waals surface area contributed by atoms with Gasteiger partial charge in [0.15, 0.2) is 5.82 Å². The van der Waals surface area contributed by atoms with Crippen molar-refractivity contribution in [2.45, 2.75) is 0 Å². The van der Waals surface area contributed by atoms with Crippen molar-refractivity contribution in [3.8, 4) is 0 Å². The first-order valence-electron chi connectivity index (χ1n) is 3.03. The third-order valence-electron chi connectivity index (χ3n) is 1.34. The molecule has 0 unspecified atom stereocenters. The molecule has 0 aromatic carbocycles. The van der Waals surface area contributed by atoms with Gasteiger partial charge in [-0.25, -0.2) is 0 Å². The van der Waals surface area contributed by atoms with Crippen LogP contribution in [0.5, 0.6) is 0 Å². The Labute approximate surface area is 58.3 Å². The predicted octanol–water partition coefficient (Wildman–Crippen LogP) is 1.11. The van der Waals surface area contributed by atoms with Crippen LogP contribution >= 0.6 is 0 Å². The highest BCUT2D eigenvalue weighted by molar-refractivity contribution is 5.62. The molecule has 2 aliphatic rings. The Hall–Kier alpha value is -1.45. The number of azo groups is 1. The molecule has 0 atom stereocenters. The molecular formula is C6H6N4. The Morgan fingerprint density at radius 2 is 2.50 bits per heavy atom. The first-order chi connectivity index (χ1) is 4.97. The molecule has 0 spiro atoms. The Morgan fingerprint density at radius 1 is 1.50 bits per heavy atom. The van der Waals surface area contributed by atoms with Gasteiger partial charge in [0.05, 0.1) is 18.9 Å². The van der Waals surface area contributed by atoms with Crippen LogP contribution in [-0.4, -0.2) is 17.7 Å². The van der Waals surface area contributed by atoms with Gasteiger partial charge in [0.2, 0.25) is 0 Å². The second-order valence-corrected chi connectivity index (χ2v) is 1.98. The summed E-state index contributed by atoms with van der Waals surface area (Å²) in [6.07, 6.45) is 7.06. The number of fused-ring (bicyclic) bond motifs is 1. The van der Waals surface area contributed by atoms with Crippen molar-refractivity contribution in [2.75, 3.05) is 6.54 Å². The maximum absolute atomic E-state index is 3.95. The fraction of sp³-hybridized carbons (Fsp3) is 0.167. The van der Waals surface area contributed by atoms with E-state index in [0.717, 1.165) is 12.4 Å². The van der Waals surface area contributed by atoms with Crippen LogP contribution in [0, 0.1) is 0 Å². The minimum atomic E-state index is 0.793. The van der Waals surface area contributed by atoms with E-state index in [4.69, 9.17) is 0 Å². The van der Waals surface area contributed by atoms with E-state index in [1.165, 1.54) is 0 Å². The summed E-state index contributed by atoms with van der Waals surface area (Å²) in [5.41, 5.74) is 0. The topological polar surface area (TPSA) is 40.3 Å². The van der Waals surface area contributed by atoms with Crippen molar-refractivity contribution in [1.29, 1.82) is 0 Å². The van der Waals surface area contributed by atoms with Gasteiger partial charge in [-0.05, 0) is 0 Å². The van der Waals surface area contributed by atoms with Gasteiger partial charge in [0, 0.05) is 12.4 Å². The highest BCUT2D eigenvalue weighted by Crippen LogP contribution is 2.13. The van der Waals surface area contributed by atoms with Crippen molar-refractivity contribution in [3.05, 3.63) is 24.4 Å². The number of hydrogen-bond donors (Lipinski definition) is 0. The molecule has 0 radical (unpaired) electrons. The van der Waals surface area contributed by atoms with Crippen LogP contribution in [0.3, 0.4) is 0 Å². The van der Waals surface area contributed by atoms with Crippen molar-refractivity contribution >= 4 is 6.21 Å². The zero-order chi connectivity index (χ0) is 6.81. The fourth-order valence-electron chi connectivity index (χ4n) is 0.845. The van der Waals surface area contributed by atoms with Crippen molar-refractivity contribution < 1.29 is 0 Å². The van der Waals surface area contributed by atoms with E-state index in [-0.39, 0.29) is 0 Å². The van der Waals surface area contributed by atoms with Crippen LogP contribution < -0.4 is 0 Å². The monoisotopic (exact) mass is 134 g/mol. The lowest BCUT2D eigenvalue weighted by Crippen LogP contribution is -2.21. The minimum absolute atomic E-state index is 0.793. The molecule has 2 aliphatic heterocycles. The predicted molar refractivity (Wildman–Crippen MR) is 37.3 cm³/mol. The molecule has 0 amide bonds. The molecule has 10 heavy (non-hydrogen) atoms. The van der Waals surface area contributed by atoms with Crippen molar-refractivity contribution in [1.82, 2.24) is 4.90 Å². The van der Waals surface area contributed by atoms with Crippen LogP contribution in [0.4, 0.5) is 0 Å². The smallest absolute Gasteiger partial charge is 0.174 e. The molecule has 0 saturated heterocycles. The third kappa shape index (κ3) is 0.737. The van der Waals surface area contributed by atoms with Crippen molar-refractivity contribution in [2.24, 2.45) is 15.2 Å². The van der Waals surface area contributed by atoms with Gasteiger partial charge in [-0.15, -0.1) is 5.11 Å². The van der Waals surface area contributed by atoms with E-state index in [9.17, 15) is 0 Å². The van der Waals surface area contributed by atoms with Crippen LogP contribution in [0.15, 0.2) is 39.6 Å². The van der Waals surface area contributed by atoms with Gasteiger partial charge >= 0.3 is 0 Å². The molecule has 0 aliphatic carbocycles. The van der Waals surface area contributed by atoms with Crippen LogP contribution in [-0.2, 0) is 0 Å².